The van der Waals surface area contributed by atoms with E-state index in [4.69, 9.17) is 28.8 Å². The van der Waals surface area contributed by atoms with Crippen LogP contribution in [0.15, 0.2) is 35.2 Å². The number of aromatic nitrogens is 6. The summed E-state index contributed by atoms with van der Waals surface area (Å²) in [7, 11) is 3.29. The van der Waals surface area contributed by atoms with E-state index in [0.29, 0.717) is 29.7 Å². The number of rotatable bonds is 6. The van der Waals surface area contributed by atoms with Crippen molar-refractivity contribution < 1.29 is 18.7 Å². The van der Waals surface area contributed by atoms with Crippen LogP contribution in [0.1, 0.15) is 37.4 Å². The van der Waals surface area contributed by atoms with Gasteiger partial charge in [0.25, 0.3) is 5.89 Å². The number of ether oxygens (including phenoxy) is 3. The van der Waals surface area contributed by atoms with Gasteiger partial charge in [-0.25, -0.2) is 4.98 Å². The van der Waals surface area contributed by atoms with E-state index in [1.54, 1.807) is 14.2 Å². The van der Waals surface area contributed by atoms with Crippen LogP contribution in [0.2, 0.25) is 0 Å². The highest BCUT2D eigenvalue weighted by molar-refractivity contribution is 5.77. The van der Waals surface area contributed by atoms with Crippen LogP contribution in [0.3, 0.4) is 0 Å². The molecule has 0 bridgehead atoms. The van der Waals surface area contributed by atoms with Gasteiger partial charge in [0.1, 0.15) is 23.4 Å². The van der Waals surface area contributed by atoms with Crippen molar-refractivity contribution in [1.29, 1.82) is 0 Å². The summed E-state index contributed by atoms with van der Waals surface area (Å²) in [6.07, 6.45) is 5.63. The van der Waals surface area contributed by atoms with Crippen molar-refractivity contribution in [2.24, 2.45) is 5.92 Å². The Bertz CT molecular complexity index is 1380. The largest absolute Gasteiger partial charge is 0.497 e. The zero-order valence-corrected chi connectivity index (χ0v) is 20.3. The normalized spacial score (nSPS) is 17.1. The molecule has 2 aliphatic rings. The predicted molar refractivity (Wildman–Crippen MR) is 126 cm³/mol. The van der Waals surface area contributed by atoms with Crippen LogP contribution < -0.4 is 4.74 Å². The molecule has 0 saturated carbocycles. The minimum Gasteiger partial charge on any atom is -0.497 e. The number of benzene rings is 1. The van der Waals surface area contributed by atoms with Crippen molar-refractivity contribution >= 4 is 0 Å². The zero-order chi connectivity index (χ0) is 24.2. The summed E-state index contributed by atoms with van der Waals surface area (Å²) in [6, 6.07) is 6.03. The lowest BCUT2D eigenvalue weighted by atomic mass is 10.0. The third kappa shape index (κ3) is 3.73. The Morgan fingerprint density at radius 3 is 2.86 bits per heavy atom. The van der Waals surface area contributed by atoms with Crippen LogP contribution in [-0.2, 0) is 28.0 Å². The number of fused-ring (bicyclic) bond motifs is 5. The topological polar surface area (TPSA) is 102 Å². The van der Waals surface area contributed by atoms with E-state index in [1.807, 2.05) is 43.1 Å². The number of hydrogen-bond donors (Lipinski definition) is 0. The van der Waals surface area contributed by atoms with Gasteiger partial charge in [0.15, 0.2) is 0 Å². The monoisotopic (exact) mass is 476 g/mol. The molecule has 1 fully saturated rings. The van der Waals surface area contributed by atoms with Gasteiger partial charge in [0, 0.05) is 49.9 Å². The Kier molecular flexibility index (Phi) is 5.23. The summed E-state index contributed by atoms with van der Waals surface area (Å²) < 4.78 is 26.3. The molecule has 10 heteroatoms. The molecule has 35 heavy (non-hydrogen) atoms. The molecular formula is C25H28N6O4. The molecule has 1 atom stereocenters. The minimum absolute atomic E-state index is 0.405. The molecule has 2 aliphatic heterocycles. The first-order valence-electron chi connectivity index (χ1n) is 11.8. The lowest BCUT2D eigenvalue weighted by Gasteiger charge is -2.16. The van der Waals surface area contributed by atoms with Gasteiger partial charge in [-0.1, -0.05) is 5.16 Å². The molecule has 0 radical (unpaired) electrons. The average Bonchev–Trinajstić information content (AvgIpc) is 3.66. The highest BCUT2D eigenvalue weighted by Crippen LogP contribution is 2.39. The van der Waals surface area contributed by atoms with Gasteiger partial charge >= 0.3 is 0 Å². The molecule has 1 unspecified atom stereocenters. The highest BCUT2D eigenvalue weighted by atomic mass is 16.5. The van der Waals surface area contributed by atoms with E-state index in [1.165, 1.54) is 0 Å². The number of hydrogen-bond acceptors (Lipinski definition) is 8. The van der Waals surface area contributed by atoms with Crippen molar-refractivity contribution in [3.05, 3.63) is 47.9 Å². The molecule has 6 rings (SSSR count). The van der Waals surface area contributed by atoms with Gasteiger partial charge in [-0.2, -0.15) is 10.1 Å². The number of methoxy groups -OCH3 is 2. The van der Waals surface area contributed by atoms with Crippen molar-refractivity contribution in [2.75, 3.05) is 27.4 Å². The Morgan fingerprint density at radius 1 is 1.20 bits per heavy atom. The van der Waals surface area contributed by atoms with Gasteiger partial charge in [0.2, 0.25) is 5.82 Å². The molecule has 5 heterocycles. The fourth-order valence-electron chi connectivity index (χ4n) is 4.72. The molecule has 1 saturated heterocycles. The Morgan fingerprint density at radius 2 is 2.09 bits per heavy atom. The summed E-state index contributed by atoms with van der Waals surface area (Å²) in [5.41, 5.74) is 5.00. The quantitative estimate of drug-likeness (QED) is 0.366. The number of nitrogens with zero attached hydrogens (tertiary/aromatic N) is 6. The standard InChI is InChI=1S/C25H28N6O4/c1-25(2,33-4)24-27-23(29-35-24)22-20-9-16-12-30(11-15-7-8-34-13-15)28-21(16)18-10-17(32-3)5-6-19(18)31(20)14-26-22/h5-6,10,12,14-15H,7-9,11,13H2,1-4H3. The molecule has 0 spiro atoms. The second kappa shape index (κ2) is 8.31. The van der Waals surface area contributed by atoms with Crippen LogP contribution in [0, 0.1) is 5.92 Å². The molecule has 182 valence electrons. The average molecular weight is 477 g/mol. The first-order chi connectivity index (χ1) is 17.0. The molecule has 3 aromatic heterocycles. The maximum atomic E-state index is 5.57. The molecule has 4 aromatic rings. The third-order valence-corrected chi connectivity index (χ3v) is 6.91. The molecule has 0 amide bonds. The molecular weight excluding hydrogens is 448 g/mol. The van der Waals surface area contributed by atoms with Gasteiger partial charge in [-0.3, -0.25) is 4.68 Å². The van der Waals surface area contributed by atoms with E-state index >= 15 is 0 Å². The van der Waals surface area contributed by atoms with Crippen molar-refractivity contribution in [1.82, 2.24) is 29.5 Å². The first-order valence-corrected chi connectivity index (χ1v) is 11.8. The lowest BCUT2D eigenvalue weighted by Crippen LogP contribution is -2.19. The van der Waals surface area contributed by atoms with Crippen LogP contribution in [0.4, 0.5) is 0 Å². The Labute approximate surface area is 202 Å². The Hall–Kier alpha value is -3.50. The van der Waals surface area contributed by atoms with Crippen LogP contribution in [0.5, 0.6) is 5.75 Å². The van der Waals surface area contributed by atoms with Crippen molar-refractivity contribution in [3.63, 3.8) is 0 Å². The summed E-state index contributed by atoms with van der Waals surface area (Å²) in [5.74, 6) is 2.10. The summed E-state index contributed by atoms with van der Waals surface area (Å²) in [4.78, 5) is 9.31. The second-order valence-corrected chi connectivity index (χ2v) is 9.56. The lowest BCUT2D eigenvalue weighted by molar-refractivity contribution is -0.00786. The third-order valence-electron chi connectivity index (χ3n) is 6.91. The maximum Gasteiger partial charge on any atom is 0.258 e. The second-order valence-electron chi connectivity index (χ2n) is 9.56. The smallest absolute Gasteiger partial charge is 0.258 e. The zero-order valence-electron chi connectivity index (χ0n) is 20.3. The van der Waals surface area contributed by atoms with Crippen LogP contribution in [0.25, 0.3) is 28.5 Å². The molecule has 0 N–H and O–H groups in total. The molecule has 1 aromatic carbocycles. The van der Waals surface area contributed by atoms with Gasteiger partial charge in [-0.05, 0) is 38.5 Å². The van der Waals surface area contributed by atoms with E-state index in [2.05, 4.69) is 20.9 Å². The van der Waals surface area contributed by atoms with E-state index < -0.39 is 5.60 Å². The fraction of sp³-hybridized carbons (Fsp3) is 0.440. The highest BCUT2D eigenvalue weighted by Gasteiger charge is 2.31. The van der Waals surface area contributed by atoms with Crippen molar-refractivity contribution in [2.45, 2.75) is 38.8 Å². The Balaban J connectivity index is 1.47. The molecule has 10 nitrogen and oxygen atoms in total. The van der Waals surface area contributed by atoms with E-state index in [0.717, 1.165) is 60.1 Å². The number of imidazole rings is 1. The summed E-state index contributed by atoms with van der Waals surface area (Å²) >= 11 is 0. The summed E-state index contributed by atoms with van der Waals surface area (Å²) in [6.45, 7) is 6.21. The molecule has 0 aliphatic carbocycles. The predicted octanol–water partition coefficient (Wildman–Crippen LogP) is 3.62. The van der Waals surface area contributed by atoms with Crippen molar-refractivity contribution in [3.8, 4) is 34.2 Å². The van der Waals surface area contributed by atoms with E-state index in [-0.39, 0.29) is 0 Å². The fourth-order valence-corrected chi connectivity index (χ4v) is 4.72. The van der Waals surface area contributed by atoms with Gasteiger partial charge < -0.3 is 23.3 Å². The SMILES string of the molecule is COc1ccc2c(c1)-c1nn(CC3CCOC3)cc1Cc1c(-c3noc(C(C)(C)OC)n3)ncn1-2. The van der Waals surface area contributed by atoms with Crippen LogP contribution >= 0.6 is 0 Å². The summed E-state index contributed by atoms with van der Waals surface area (Å²) in [5, 5.41) is 9.24. The van der Waals surface area contributed by atoms with E-state index in [9.17, 15) is 0 Å². The first kappa shape index (κ1) is 22.0. The minimum atomic E-state index is -0.691. The van der Waals surface area contributed by atoms with Gasteiger partial charge in [0.05, 0.1) is 30.8 Å². The van der Waals surface area contributed by atoms with Crippen LogP contribution in [-0.4, -0.2) is 56.9 Å². The maximum absolute atomic E-state index is 5.57. The van der Waals surface area contributed by atoms with Gasteiger partial charge in [-0.15, -0.1) is 0 Å².